The van der Waals surface area contributed by atoms with Gasteiger partial charge >= 0.3 is 0 Å². The Labute approximate surface area is 119 Å². The minimum Gasteiger partial charge on any atom is -0.343 e. The summed E-state index contributed by atoms with van der Waals surface area (Å²) in [6.07, 6.45) is 0.464. The summed E-state index contributed by atoms with van der Waals surface area (Å²) < 4.78 is 25.1. The predicted octanol–water partition coefficient (Wildman–Crippen LogP) is 2.24. The molecule has 0 spiro atoms. The van der Waals surface area contributed by atoms with Gasteiger partial charge in [-0.2, -0.15) is 8.78 Å². The van der Waals surface area contributed by atoms with Crippen molar-refractivity contribution in [3.63, 3.8) is 0 Å². The number of hydrogen-bond acceptors (Lipinski definition) is 3. The molecule has 1 aliphatic heterocycles. The van der Waals surface area contributed by atoms with E-state index < -0.39 is 11.8 Å². The molecule has 108 valence electrons. The number of anilines is 1. The summed E-state index contributed by atoms with van der Waals surface area (Å²) in [5.74, 6) is -3.13. The first-order valence-corrected chi connectivity index (χ1v) is 7.05. The summed E-state index contributed by atoms with van der Waals surface area (Å²) in [5.41, 5.74) is 0.358. The lowest BCUT2D eigenvalue weighted by atomic mass is 10.1. The van der Waals surface area contributed by atoms with Crippen molar-refractivity contribution in [2.24, 2.45) is 0 Å². The number of halogens is 2. The van der Waals surface area contributed by atoms with Gasteiger partial charge in [0.05, 0.1) is 5.69 Å². The molecule has 0 radical (unpaired) electrons. The highest BCUT2D eigenvalue weighted by Gasteiger charge is 2.33. The Balaban J connectivity index is 2.34. The highest BCUT2D eigenvalue weighted by atomic mass is 32.2. The van der Waals surface area contributed by atoms with E-state index in [0.29, 0.717) is 28.8 Å². The van der Waals surface area contributed by atoms with Crippen LogP contribution in [-0.4, -0.2) is 30.2 Å². The third-order valence-electron chi connectivity index (χ3n) is 2.98. The van der Waals surface area contributed by atoms with Crippen LogP contribution >= 0.6 is 11.8 Å². The number of hydrogen-bond donors (Lipinski definition) is 1. The number of piperazine rings is 1. The van der Waals surface area contributed by atoms with Gasteiger partial charge in [-0.15, -0.1) is 0 Å². The molecule has 1 saturated heterocycles. The van der Waals surface area contributed by atoms with E-state index in [2.05, 4.69) is 5.32 Å². The van der Waals surface area contributed by atoms with Crippen LogP contribution in [0.15, 0.2) is 29.2 Å². The fraction of sp³-hybridized carbons (Fsp3) is 0.385. The molecule has 20 heavy (non-hydrogen) atoms. The average molecular weight is 300 g/mol. The van der Waals surface area contributed by atoms with Crippen molar-refractivity contribution >= 4 is 29.3 Å². The molecule has 2 amide bonds. The molecule has 0 aromatic heterocycles. The van der Waals surface area contributed by atoms with Crippen LogP contribution in [0.5, 0.6) is 0 Å². The van der Waals surface area contributed by atoms with Crippen LogP contribution in [-0.2, 0) is 9.59 Å². The third-order valence-corrected chi connectivity index (χ3v) is 3.76. The number of nitrogens with one attached hydrogen (secondary N) is 1. The van der Waals surface area contributed by atoms with Gasteiger partial charge in [-0.05, 0) is 18.6 Å². The predicted molar refractivity (Wildman–Crippen MR) is 72.9 cm³/mol. The van der Waals surface area contributed by atoms with Gasteiger partial charge in [-0.25, -0.2) is 0 Å². The second kappa shape index (κ2) is 6.21. The van der Waals surface area contributed by atoms with Crippen LogP contribution in [0.1, 0.15) is 13.3 Å². The molecular formula is C13H14F2N2O2S. The summed E-state index contributed by atoms with van der Waals surface area (Å²) in [4.78, 5) is 25.5. The smallest absolute Gasteiger partial charge is 0.288 e. The van der Waals surface area contributed by atoms with E-state index >= 15 is 0 Å². The van der Waals surface area contributed by atoms with E-state index in [9.17, 15) is 18.4 Å². The molecule has 1 aliphatic rings. The Kier molecular flexibility index (Phi) is 4.59. The second-order valence-electron chi connectivity index (χ2n) is 4.30. The summed E-state index contributed by atoms with van der Waals surface area (Å²) in [7, 11) is 0. The molecule has 1 fully saturated rings. The zero-order valence-corrected chi connectivity index (χ0v) is 11.6. The lowest BCUT2D eigenvalue weighted by Gasteiger charge is -2.33. The Morgan fingerprint density at radius 3 is 2.75 bits per heavy atom. The zero-order valence-electron chi connectivity index (χ0n) is 10.8. The average Bonchev–Trinajstić information content (AvgIpc) is 2.41. The van der Waals surface area contributed by atoms with Crippen molar-refractivity contribution in [1.82, 2.24) is 5.32 Å². The normalized spacial score (nSPS) is 19.4. The number of thioether (sulfide) groups is 1. The lowest BCUT2D eigenvalue weighted by Crippen LogP contribution is -2.58. The van der Waals surface area contributed by atoms with Crippen molar-refractivity contribution in [1.29, 1.82) is 0 Å². The molecule has 0 bridgehead atoms. The number of carbonyl (C=O) groups excluding carboxylic acids is 2. The van der Waals surface area contributed by atoms with E-state index in [1.54, 1.807) is 25.1 Å². The number of amides is 2. The van der Waals surface area contributed by atoms with Gasteiger partial charge in [0, 0.05) is 4.90 Å². The fourth-order valence-corrected chi connectivity index (χ4v) is 2.72. The molecule has 4 nitrogen and oxygen atoms in total. The summed E-state index contributed by atoms with van der Waals surface area (Å²) in [6.45, 7) is 1.64. The largest absolute Gasteiger partial charge is 0.343 e. The van der Waals surface area contributed by atoms with Gasteiger partial charge in [0.2, 0.25) is 11.8 Å². The number of para-hydroxylation sites is 1. The lowest BCUT2D eigenvalue weighted by molar-refractivity contribution is -0.131. The van der Waals surface area contributed by atoms with Gasteiger partial charge in [0.15, 0.2) is 0 Å². The van der Waals surface area contributed by atoms with E-state index in [0.717, 1.165) is 0 Å². The maximum atomic E-state index is 12.6. The molecule has 7 heteroatoms. The molecule has 2 rings (SSSR count). The SMILES string of the molecule is CCC1NC(=O)CN(c2ccccc2SC(F)F)C1=O. The standard InChI is InChI=1S/C13H14F2N2O2S/c1-2-8-12(19)17(7-11(18)16-8)9-5-3-4-6-10(9)20-13(14)15/h3-6,8,13H,2,7H2,1H3,(H,16,18). The van der Waals surface area contributed by atoms with Crippen LogP contribution < -0.4 is 10.2 Å². The Bertz CT molecular complexity index is 525. The molecule has 1 aromatic carbocycles. The minimum atomic E-state index is -2.58. The van der Waals surface area contributed by atoms with Crippen LogP contribution in [0, 0.1) is 0 Å². The fourth-order valence-electron chi connectivity index (χ4n) is 2.07. The molecule has 1 atom stereocenters. The van der Waals surface area contributed by atoms with Crippen LogP contribution in [0.4, 0.5) is 14.5 Å². The van der Waals surface area contributed by atoms with Gasteiger partial charge < -0.3 is 10.2 Å². The molecule has 1 unspecified atom stereocenters. The van der Waals surface area contributed by atoms with Crippen LogP contribution in [0.3, 0.4) is 0 Å². The van der Waals surface area contributed by atoms with E-state index in [4.69, 9.17) is 0 Å². The van der Waals surface area contributed by atoms with Gasteiger partial charge in [-0.3, -0.25) is 9.59 Å². The van der Waals surface area contributed by atoms with Crippen molar-refractivity contribution in [2.75, 3.05) is 11.4 Å². The first-order valence-electron chi connectivity index (χ1n) is 6.17. The van der Waals surface area contributed by atoms with Crippen molar-refractivity contribution in [3.05, 3.63) is 24.3 Å². The quantitative estimate of drug-likeness (QED) is 0.868. The summed E-state index contributed by atoms with van der Waals surface area (Å²) in [6, 6.07) is 5.78. The molecule has 1 heterocycles. The number of carbonyl (C=O) groups is 2. The minimum absolute atomic E-state index is 0.143. The zero-order chi connectivity index (χ0) is 14.7. The highest BCUT2D eigenvalue weighted by Crippen LogP contribution is 2.34. The maximum Gasteiger partial charge on any atom is 0.288 e. The number of alkyl halides is 2. The Morgan fingerprint density at radius 2 is 2.10 bits per heavy atom. The van der Waals surface area contributed by atoms with E-state index in [1.807, 2.05) is 0 Å². The Morgan fingerprint density at radius 1 is 1.40 bits per heavy atom. The number of benzene rings is 1. The summed E-state index contributed by atoms with van der Waals surface area (Å²) >= 11 is 0.372. The molecule has 1 N–H and O–H groups in total. The van der Waals surface area contributed by atoms with Gasteiger partial charge in [-0.1, -0.05) is 30.8 Å². The van der Waals surface area contributed by atoms with Crippen molar-refractivity contribution < 1.29 is 18.4 Å². The van der Waals surface area contributed by atoms with Crippen LogP contribution in [0.25, 0.3) is 0 Å². The first kappa shape index (κ1) is 14.8. The topological polar surface area (TPSA) is 49.4 Å². The molecule has 0 aliphatic carbocycles. The van der Waals surface area contributed by atoms with Gasteiger partial charge in [0.1, 0.15) is 12.6 Å². The van der Waals surface area contributed by atoms with Crippen molar-refractivity contribution in [3.8, 4) is 0 Å². The Hall–Kier alpha value is -1.63. The third kappa shape index (κ3) is 3.09. The maximum absolute atomic E-state index is 12.6. The number of rotatable bonds is 4. The second-order valence-corrected chi connectivity index (χ2v) is 5.33. The molecule has 1 aromatic rings. The van der Waals surface area contributed by atoms with Gasteiger partial charge in [0.25, 0.3) is 5.76 Å². The van der Waals surface area contributed by atoms with E-state index in [1.165, 1.54) is 11.0 Å². The van der Waals surface area contributed by atoms with Crippen LogP contribution in [0.2, 0.25) is 0 Å². The summed E-state index contributed by atoms with van der Waals surface area (Å²) in [5, 5.41) is 2.59. The highest BCUT2D eigenvalue weighted by molar-refractivity contribution is 7.99. The van der Waals surface area contributed by atoms with E-state index in [-0.39, 0.29) is 18.4 Å². The molecular weight excluding hydrogens is 286 g/mol. The first-order chi connectivity index (χ1) is 9.52. The molecule has 0 saturated carbocycles. The van der Waals surface area contributed by atoms with Crippen molar-refractivity contribution in [2.45, 2.75) is 30.0 Å². The monoisotopic (exact) mass is 300 g/mol. The number of nitrogens with zero attached hydrogens (tertiary/aromatic N) is 1.